The maximum Gasteiger partial charge on any atom is 0.318 e. The van der Waals surface area contributed by atoms with E-state index in [1.54, 1.807) is 23.1 Å². The molecule has 0 fully saturated rings. The number of nitrogens with two attached hydrogens (primary N) is 1. The minimum Gasteiger partial charge on any atom is -0.343 e. The molecule has 4 rings (SSSR count). The lowest BCUT2D eigenvalue weighted by molar-refractivity contribution is 0.195. The first-order valence-electron chi connectivity index (χ1n) is 9.14. The third-order valence-electron chi connectivity index (χ3n) is 5.06. The highest BCUT2D eigenvalue weighted by molar-refractivity contribution is 7.89. The van der Waals surface area contributed by atoms with E-state index < -0.39 is 10.0 Å². The number of primary sulfonamides is 1. The second kappa shape index (κ2) is 7.29. The number of carbonyl (C=O) groups is 1. The van der Waals surface area contributed by atoms with Crippen molar-refractivity contribution in [2.45, 2.75) is 31.0 Å². The predicted molar refractivity (Wildman–Crippen MR) is 107 cm³/mol. The zero-order valence-electron chi connectivity index (χ0n) is 15.3. The van der Waals surface area contributed by atoms with Crippen LogP contribution in [0.4, 0.5) is 4.79 Å². The van der Waals surface area contributed by atoms with Gasteiger partial charge in [-0.25, -0.2) is 18.4 Å². The highest BCUT2D eigenvalue weighted by Gasteiger charge is 2.21. The van der Waals surface area contributed by atoms with Crippen molar-refractivity contribution < 1.29 is 13.2 Å². The minimum atomic E-state index is -3.84. The monoisotopic (exact) mass is 398 g/mol. The first-order chi connectivity index (χ1) is 13.4. The Morgan fingerprint density at radius 1 is 1.07 bits per heavy atom. The van der Waals surface area contributed by atoms with Gasteiger partial charge in [-0.1, -0.05) is 36.4 Å². The van der Waals surface area contributed by atoms with Crippen molar-refractivity contribution >= 4 is 27.0 Å². The Kier molecular flexibility index (Phi) is 4.82. The third kappa shape index (κ3) is 3.61. The van der Waals surface area contributed by atoms with E-state index in [1.807, 2.05) is 12.1 Å². The van der Waals surface area contributed by atoms with E-state index >= 15 is 0 Å². The lowest BCUT2D eigenvalue weighted by atomic mass is 10.2. The first-order valence-corrected chi connectivity index (χ1v) is 10.7. The summed E-state index contributed by atoms with van der Waals surface area (Å²) in [5.41, 5.74) is 2.75. The van der Waals surface area contributed by atoms with Gasteiger partial charge in [-0.15, -0.1) is 0 Å². The maximum absolute atomic E-state index is 12.7. The van der Waals surface area contributed by atoms with Crippen LogP contribution in [0.3, 0.4) is 0 Å². The van der Waals surface area contributed by atoms with Crippen LogP contribution >= 0.6 is 0 Å². The molecule has 8 heteroatoms. The number of nitrogens with zero attached hydrogens (tertiary/aromatic N) is 2. The molecule has 2 amide bonds. The van der Waals surface area contributed by atoms with Gasteiger partial charge in [0.2, 0.25) is 10.0 Å². The average molecular weight is 398 g/mol. The number of aromatic nitrogens is 1. The Morgan fingerprint density at radius 2 is 1.82 bits per heavy atom. The molecule has 3 N–H and O–H groups in total. The molecular formula is C20H22N4O3S. The molecule has 146 valence electrons. The Hall–Kier alpha value is -2.84. The van der Waals surface area contributed by atoms with Gasteiger partial charge in [0, 0.05) is 30.8 Å². The number of rotatable bonds is 3. The minimum absolute atomic E-state index is 0.0336. The van der Waals surface area contributed by atoms with Crippen LogP contribution in [0.25, 0.3) is 10.9 Å². The van der Waals surface area contributed by atoms with E-state index in [9.17, 15) is 13.2 Å². The topological polar surface area (TPSA) is 97.4 Å². The molecule has 0 bridgehead atoms. The molecule has 0 aliphatic carbocycles. The summed E-state index contributed by atoms with van der Waals surface area (Å²) in [7, 11) is -3.84. The largest absolute Gasteiger partial charge is 0.343 e. The van der Waals surface area contributed by atoms with E-state index in [-0.39, 0.29) is 17.5 Å². The molecule has 0 unspecified atom stereocenters. The highest BCUT2D eigenvalue weighted by atomic mass is 32.2. The lowest BCUT2D eigenvalue weighted by Gasteiger charge is -2.21. The van der Waals surface area contributed by atoms with Crippen LogP contribution in [0, 0.1) is 0 Å². The Labute approximate surface area is 163 Å². The average Bonchev–Trinajstić information content (AvgIpc) is 2.88. The SMILES string of the molecule is NS(=O)(=O)c1ccccc1CNC(=O)N1CCCn2c(cc3ccccc32)C1. The fraction of sp³-hybridized carbons (Fsp3) is 0.250. The molecule has 0 atom stereocenters. The molecule has 2 heterocycles. The van der Waals surface area contributed by atoms with Crippen LogP contribution in [0.5, 0.6) is 0 Å². The number of hydrogen-bond acceptors (Lipinski definition) is 3. The molecular weight excluding hydrogens is 376 g/mol. The molecule has 1 aliphatic heterocycles. The number of nitrogens with one attached hydrogen (secondary N) is 1. The number of hydrogen-bond donors (Lipinski definition) is 2. The van der Waals surface area contributed by atoms with E-state index in [0.717, 1.165) is 18.7 Å². The number of carbonyl (C=O) groups excluding carboxylic acids is 1. The van der Waals surface area contributed by atoms with E-state index in [1.165, 1.54) is 17.0 Å². The van der Waals surface area contributed by atoms with Crippen LogP contribution in [0.1, 0.15) is 17.7 Å². The van der Waals surface area contributed by atoms with Gasteiger partial charge in [0.05, 0.1) is 11.4 Å². The van der Waals surface area contributed by atoms with Crippen molar-refractivity contribution in [2.24, 2.45) is 5.14 Å². The van der Waals surface area contributed by atoms with E-state index in [0.29, 0.717) is 18.7 Å². The lowest BCUT2D eigenvalue weighted by Crippen LogP contribution is -2.39. The van der Waals surface area contributed by atoms with Crippen molar-refractivity contribution in [1.29, 1.82) is 0 Å². The summed E-state index contributed by atoms with van der Waals surface area (Å²) in [5.74, 6) is 0. The van der Waals surface area contributed by atoms with Crippen LogP contribution < -0.4 is 10.5 Å². The van der Waals surface area contributed by atoms with E-state index in [4.69, 9.17) is 5.14 Å². The van der Waals surface area contributed by atoms with Gasteiger partial charge in [-0.3, -0.25) is 0 Å². The summed E-state index contributed by atoms with van der Waals surface area (Å²) in [6, 6.07) is 16.5. The molecule has 7 nitrogen and oxygen atoms in total. The van der Waals surface area contributed by atoms with Crippen LogP contribution in [0.2, 0.25) is 0 Å². The molecule has 2 aromatic carbocycles. The fourth-order valence-corrected chi connectivity index (χ4v) is 4.51. The van der Waals surface area contributed by atoms with Crippen LogP contribution in [-0.4, -0.2) is 30.5 Å². The predicted octanol–water partition coefficient (Wildman–Crippen LogP) is 2.40. The summed E-state index contributed by atoms with van der Waals surface area (Å²) in [6.45, 7) is 2.11. The number of aryl methyl sites for hydroxylation is 1. The standard InChI is InChI=1S/C20H22N4O3S/c21-28(26,27)19-9-4-2-7-16(19)13-22-20(25)23-10-5-11-24-17(14-23)12-15-6-1-3-8-18(15)24/h1-4,6-9,12H,5,10-11,13-14H2,(H,22,25)(H2,21,26,27). The number of para-hydroxylation sites is 1. The van der Waals surface area contributed by atoms with Crippen molar-refractivity contribution in [2.75, 3.05) is 6.54 Å². The molecule has 3 aromatic rings. The van der Waals surface area contributed by atoms with Crippen LogP contribution in [0.15, 0.2) is 59.5 Å². The third-order valence-corrected chi connectivity index (χ3v) is 6.07. The zero-order valence-corrected chi connectivity index (χ0v) is 16.2. The number of urea groups is 1. The highest BCUT2D eigenvalue weighted by Crippen LogP contribution is 2.24. The molecule has 1 aliphatic rings. The van der Waals surface area contributed by atoms with Crippen molar-refractivity contribution in [1.82, 2.24) is 14.8 Å². The molecule has 0 saturated carbocycles. The fourth-order valence-electron chi connectivity index (χ4n) is 3.74. The summed E-state index contributed by atoms with van der Waals surface area (Å²) in [4.78, 5) is 14.5. The van der Waals surface area contributed by atoms with E-state index in [2.05, 4.69) is 28.1 Å². The van der Waals surface area contributed by atoms with Gasteiger partial charge in [0.15, 0.2) is 0 Å². The zero-order chi connectivity index (χ0) is 19.7. The second-order valence-corrected chi connectivity index (χ2v) is 8.46. The number of benzene rings is 2. The summed E-state index contributed by atoms with van der Waals surface area (Å²) < 4.78 is 25.7. The van der Waals surface area contributed by atoms with Crippen LogP contribution in [-0.2, 0) is 29.7 Å². The molecule has 28 heavy (non-hydrogen) atoms. The molecule has 0 spiro atoms. The Balaban J connectivity index is 1.50. The first kappa shape index (κ1) is 18.5. The smallest absolute Gasteiger partial charge is 0.318 e. The molecule has 0 saturated heterocycles. The number of sulfonamides is 1. The summed E-state index contributed by atoms with van der Waals surface area (Å²) in [6.07, 6.45) is 0.854. The number of fused-ring (bicyclic) bond motifs is 3. The van der Waals surface area contributed by atoms with Crippen molar-refractivity contribution in [3.63, 3.8) is 0 Å². The maximum atomic E-state index is 12.7. The Morgan fingerprint density at radius 3 is 2.64 bits per heavy atom. The van der Waals surface area contributed by atoms with Gasteiger partial charge in [-0.2, -0.15) is 0 Å². The van der Waals surface area contributed by atoms with Gasteiger partial charge in [0.25, 0.3) is 0 Å². The van der Waals surface area contributed by atoms with Crippen molar-refractivity contribution in [3.05, 3.63) is 65.9 Å². The van der Waals surface area contributed by atoms with Gasteiger partial charge in [-0.05, 0) is 35.6 Å². The second-order valence-electron chi connectivity index (χ2n) is 6.93. The van der Waals surface area contributed by atoms with Gasteiger partial charge in [0.1, 0.15) is 0 Å². The van der Waals surface area contributed by atoms with Gasteiger partial charge < -0.3 is 14.8 Å². The molecule has 0 radical (unpaired) electrons. The summed E-state index contributed by atoms with van der Waals surface area (Å²) in [5, 5.41) is 9.26. The van der Waals surface area contributed by atoms with Crippen molar-refractivity contribution in [3.8, 4) is 0 Å². The Bertz CT molecular complexity index is 1140. The van der Waals surface area contributed by atoms with Gasteiger partial charge >= 0.3 is 6.03 Å². The number of amides is 2. The quantitative estimate of drug-likeness (QED) is 0.709. The normalized spacial score (nSPS) is 14.5. The summed E-state index contributed by atoms with van der Waals surface area (Å²) >= 11 is 0. The molecule has 1 aromatic heterocycles.